The van der Waals surface area contributed by atoms with E-state index in [-0.39, 0.29) is 5.89 Å². The second kappa shape index (κ2) is 11.8. The van der Waals surface area contributed by atoms with Crippen molar-refractivity contribution < 1.29 is 12.8 Å². The fraction of sp³-hybridized carbons (Fsp3) is 0.552. The molecule has 0 amide bonds. The van der Waals surface area contributed by atoms with E-state index in [4.69, 9.17) is 15.1 Å². The Labute approximate surface area is 238 Å². The van der Waals surface area contributed by atoms with Crippen molar-refractivity contribution in [1.29, 1.82) is 0 Å². The molecule has 1 saturated carbocycles. The van der Waals surface area contributed by atoms with Gasteiger partial charge in [0.2, 0.25) is 21.8 Å². The number of hydrogen-bond donors (Lipinski definition) is 1. The zero-order valence-electron chi connectivity index (χ0n) is 24.7. The monoisotopic (exact) mass is 569 g/mol. The molecule has 3 atom stereocenters. The van der Waals surface area contributed by atoms with E-state index in [0.717, 1.165) is 25.2 Å². The number of sulfonamides is 1. The minimum Gasteiger partial charge on any atom is -0.419 e. The third-order valence-corrected chi connectivity index (χ3v) is 9.69. The van der Waals surface area contributed by atoms with Crippen LogP contribution in [0.5, 0.6) is 0 Å². The van der Waals surface area contributed by atoms with Crippen molar-refractivity contribution in [2.75, 3.05) is 50.0 Å². The first-order valence-electron chi connectivity index (χ1n) is 13.8. The number of aromatic nitrogens is 3. The molecule has 1 aromatic carbocycles. The van der Waals surface area contributed by atoms with E-state index < -0.39 is 20.8 Å². The molecule has 1 aliphatic carbocycles. The van der Waals surface area contributed by atoms with E-state index >= 15 is 0 Å². The molecule has 0 spiro atoms. The predicted octanol–water partition coefficient (Wildman–Crippen LogP) is 3.75. The number of likely N-dealkylation sites (N-methyl/N-ethyl adjacent to an activating group) is 1. The van der Waals surface area contributed by atoms with Gasteiger partial charge in [0, 0.05) is 32.2 Å². The van der Waals surface area contributed by atoms with Crippen molar-refractivity contribution >= 4 is 21.7 Å². The molecule has 2 aromatic heterocycles. The van der Waals surface area contributed by atoms with Gasteiger partial charge in [0.25, 0.3) is 0 Å². The Morgan fingerprint density at radius 1 is 1.07 bits per heavy atom. The zero-order valence-corrected chi connectivity index (χ0v) is 25.5. The number of nitrogens with zero attached hydrogens (tertiary/aromatic N) is 6. The first-order valence-corrected chi connectivity index (χ1v) is 15.3. The maximum absolute atomic E-state index is 13.1. The third kappa shape index (κ3) is 7.00. The van der Waals surface area contributed by atoms with Crippen LogP contribution in [0.4, 0.5) is 11.6 Å². The normalized spacial score (nSPS) is 18.6. The molecular formula is C29H43N7O3S. The van der Waals surface area contributed by atoms with Crippen LogP contribution in [0, 0.1) is 11.8 Å². The molecule has 11 heteroatoms. The Hall–Kier alpha value is -3.02. The van der Waals surface area contributed by atoms with Gasteiger partial charge in [0.15, 0.2) is 0 Å². The van der Waals surface area contributed by atoms with Crippen LogP contribution in [0.2, 0.25) is 0 Å². The molecule has 0 radical (unpaired) electrons. The van der Waals surface area contributed by atoms with Gasteiger partial charge in [-0.3, -0.25) is 4.31 Å². The van der Waals surface area contributed by atoms with E-state index in [0.29, 0.717) is 41.3 Å². The lowest BCUT2D eigenvalue weighted by Gasteiger charge is -2.28. The summed E-state index contributed by atoms with van der Waals surface area (Å²) < 4.78 is 33.6. The highest BCUT2D eigenvalue weighted by Gasteiger charge is 2.35. The lowest BCUT2D eigenvalue weighted by molar-refractivity contribution is 0.355. The van der Waals surface area contributed by atoms with Crippen LogP contribution in [-0.4, -0.2) is 74.5 Å². The Morgan fingerprint density at radius 2 is 1.73 bits per heavy atom. The van der Waals surface area contributed by atoms with Crippen LogP contribution < -0.4 is 14.9 Å². The minimum absolute atomic E-state index is 0.271. The standard InChI is InChI=1S/C29H43N7O3S/c1-20(2)40(37,38)35(7)25-16-23(17-26(31-25)36(14-13-34(5)6)19-24-15-21(24)3)27-32-33-28(39-27)29(4,30)18-22-11-9-8-10-12-22/h8-12,16-17,20-21,24H,13-15,18-19,30H2,1-7H3. The summed E-state index contributed by atoms with van der Waals surface area (Å²) in [6.07, 6.45) is 1.70. The van der Waals surface area contributed by atoms with E-state index in [1.54, 1.807) is 19.9 Å². The number of benzene rings is 1. The molecule has 4 rings (SSSR count). The van der Waals surface area contributed by atoms with Crippen molar-refractivity contribution in [2.24, 2.45) is 17.6 Å². The van der Waals surface area contributed by atoms with Crippen LogP contribution >= 0.6 is 0 Å². The molecule has 3 unspecified atom stereocenters. The van der Waals surface area contributed by atoms with Crippen molar-refractivity contribution in [1.82, 2.24) is 20.1 Å². The summed E-state index contributed by atoms with van der Waals surface area (Å²) in [6, 6.07) is 13.5. The van der Waals surface area contributed by atoms with Gasteiger partial charge in [-0.05, 0) is 77.2 Å². The summed E-state index contributed by atoms with van der Waals surface area (Å²) in [5.41, 5.74) is 7.41. The third-order valence-electron chi connectivity index (χ3n) is 7.55. The van der Waals surface area contributed by atoms with Crippen molar-refractivity contribution in [3.05, 3.63) is 53.9 Å². The summed E-state index contributed by atoms with van der Waals surface area (Å²) in [5, 5.41) is 8.03. The molecule has 1 aliphatic rings. The molecule has 1 fully saturated rings. The number of nitrogens with two attached hydrogens (primary N) is 1. The molecule has 2 N–H and O–H groups in total. The zero-order chi connectivity index (χ0) is 29.2. The van der Waals surface area contributed by atoms with Gasteiger partial charge in [0.05, 0.1) is 10.8 Å². The highest BCUT2D eigenvalue weighted by Crippen LogP contribution is 2.39. The molecule has 10 nitrogen and oxygen atoms in total. The summed E-state index contributed by atoms with van der Waals surface area (Å²) in [6.45, 7) is 9.87. The molecule has 0 aliphatic heterocycles. The number of hydrogen-bond acceptors (Lipinski definition) is 9. The van der Waals surface area contributed by atoms with Gasteiger partial charge in [-0.15, -0.1) is 10.2 Å². The van der Waals surface area contributed by atoms with E-state index in [2.05, 4.69) is 26.9 Å². The van der Waals surface area contributed by atoms with Gasteiger partial charge >= 0.3 is 0 Å². The van der Waals surface area contributed by atoms with Crippen molar-refractivity contribution in [3.8, 4) is 11.5 Å². The minimum atomic E-state index is -3.61. The van der Waals surface area contributed by atoms with Crippen molar-refractivity contribution in [3.63, 3.8) is 0 Å². The lowest BCUT2D eigenvalue weighted by Crippen LogP contribution is -2.36. The summed E-state index contributed by atoms with van der Waals surface area (Å²) in [4.78, 5) is 9.20. The lowest BCUT2D eigenvalue weighted by atomic mass is 9.94. The topological polar surface area (TPSA) is 122 Å². The number of rotatable bonds is 13. The Morgan fingerprint density at radius 3 is 2.33 bits per heavy atom. The molecular weight excluding hydrogens is 526 g/mol. The molecule has 0 saturated heterocycles. The van der Waals surface area contributed by atoms with Gasteiger partial charge in [0.1, 0.15) is 11.6 Å². The summed E-state index contributed by atoms with van der Waals surface area (Å²) in [7, 11) is 2.00. The van der Waals surface area contributed by atoms with E-state index in [9.17, 15) is 8.42 Å². The second-order valence-electron chi connectivity index (χ2n) is 11.8. The number of pyridine rings is 1. The molecule has 3 aromatic rings. The molecule has 2 heterocycles. The molecule has 40 heavy (non-hydrogen) atoms. The maximum atomic E-state index is 13.1. The SMILES string of the molecule is CC1CC1CN(CCN(C)C)c1cc(-c2nnc(C(C)(N)Cc3ccccc3)o2)cc(N(C)S(=O)(=O)C(C)C)n1. The van der Waals surface area contributed by atoms with Crippen LogP contribution in [0.25, 0.3) is 11.5 Å². The Balaban J connectivity index is 1.74. The second-order valence-corrected chi connectivity index (χ2v) is 14.4. The largest absolute Gasteiger partial charge is 0.419 e. The summed E-state index contributed by atoms with van der Waals surface area (Å²) in [5.74, 6) is 2.81. The van der Waals surface area contributed by atoms with Gasteiger partial charge in [-0.1, -0.05) is 37.3 Å². The first kappa shape index (κ1) is 30.0. The highest BCUT2D eigenvalue weighted by molar-refractivity contribution is 7.93. The first-order chi connectivity index (χ1) is 18.8. The van der Waals surface area contributed by atoms with Gasteiger partial charge in [-0.25, -0.2) is 13.4 Å². The molecule has 218 valence electrons. The smallest absolute Gasteiger partial charge is 0.248 e. The Bertz CT molecular complexity index is 1390. The average molecular weight is 570 g/mol. The maximum Gasteiger partial charge on any atom is 0.248 e. The van der Waals surface area contributed by atoms with E-state index in [1.807, 2.05) is 57.4 Å². The predicted molar refractivity (Wildman–Crippen MR) is 160 cm³/mol. The van der Waals surface area contributed by atoms with Crippen LogP contribution in [0.15, 0.2) is 46.9 Å². The van der Waals surface area contributed by atoms with Crippen LogP contribution in [-0.2, 0) is 22.0 Å². The van der Waals surface area contributed by atoms with Crippen LogP contribution in [0.3, 0.4) is 0 Å². The van der Waals surface area contributed by atoms with E-state index in [1.165, 1.54) is 17.8 Å². The van der Waals surface area contributed by atoms with Crippen LogP contribution in [0.1, 0.15) is 45.6 Å². The van der Waals surface area contributed by atoms with Gasteiger partial charge in [-0.2, -0.15) is 0 Å². The fourth-order valence-corrected chi connectivity index (χ4v) is 5.60. The van der Waals surface area contributed by atoms with Crippen molar-refractivity contribution in [2.45, 2.75) is 51.3 Å². The summed E-state index contributed by atoms with van der Waals surface area (Å²) >= 11 is 0. The highest BCUT2D eigenvalue weighted by atomic mass is 32.2. The number of anilines is 2. The van der Waals surface area contributed by atoms with Gasteiger partial charge < -0.3 is 20.0 Å². The molecule has 0 bridgehead atoms. The quantitative estimate of drug-likeness (QED) is 0.328. The fourth-order valence-electron chi connectivity index (χ4n) is 4.62. The average Bonchev–Trinajstić information content (AvgIpc) is 3.36. The Kier molecular flexibility index (Phi) is 8.86.